The molecule has 5 nitrogen and oxygen atoms in total. The van der Waals surface area contributed by atoms with E-state index in [0.29, 0.717) is 18.8 Å². The second kappa shape index (κ2) is 8.95. The van der Waals surface area contributed by atoms with Crippen molar-refractivity contribution < 1.29 is 4.79 Å². The van der Waals surface area contributed by atoms with Crippen molar-refractivity contribution >= 4 is 16.9 Å². The van der Waals surface area contributed by atoms with Gasteiger partial charge in [0.25, 0.3) is 0 Å². The molecule has 5 heteroatoms. The van der Waals surface area contributed by atoms with Gasteiger partial charge >= 0.3 is 0 Å². The maximum Gasteiger partial charge on any atom is 0.223 e. The molecule has 0 bridgehead atoms. The number of carbonyl (C=O) groups is 1. The summed E-state index contributed by atoms with van der Waals surface area (Å²) < 4.78 is 0. The highest BCUT2D eigenvalue weighted by atomic mass is 16.2. The van der Waals surface area contributed by atoms with E-state index in [9.17, 15) is 4.79 Å². The van der Waals surface area contributed by atoms with Gasteiger partial charge in [-0.3, -0.25) is 9.78 Å². The van der Waals surface area contributed by atoms with E-state index in [-0.39, 0.29) is 5.91 Å². The van der Waals surface area contributed by atoms with Crippen LogP contribution in [-0.2, 0) is 11.2 Å². The first-order chi connectivity index (χ1) is 15.7. The number of imidazole rings is 1. The van der Waals surface area contributed by atoms with Gasteiger partial charge in [-0.1, -0.05) is 42.5 Å². The number of fused-ring (bicyclic) bond motifs is 1. The lowest BCUT2D eigenvalue weighted by Gasteiger charge is -2.32. The van der Waals surface area contributed by atoms with Crippen LogP contribution in [0.15, 0.2) is 66.7 Å². The minimum Gasteiger partial charge on any atom is -0.343 e. The predicted octanol–water partition coefficient (Wildman–Crippen LogP) is 5.27. The summed E-state index contributed by atoms with van der Waals surface area (Å²) in [4.78, 5) is 27.5. The number of nitrogens with zero attached hydrogens (tertiary/aromatic N) is 3. The summed E-state index contributed by atoms with van der Waals surface area (Å²) in [5.74, 6) is 1.50. The molecule has 1 fully saturated rings. The molecule has 0 unspecified atom stereocenters. The van der Waals surface area contributed by atoms with Crippen molar-refractivity contribution in [3.8, 4) is 11.1 Å². The van der Waals surface area contributed by atoms with Gasteiger partial charge in [0.05, 0.1) is 11.0 Å². The molecule has 1 saturated heterocycles. The van der Waals surface area contributed by atoms with E-state index >= 15 is 0 Å². The Morgan fingerprint density at radius 1 is 0.969 bits per heavy atom. The predicted molar refractivity (Wildman–Crippen MR) is 127 cm³/mol. The van der Waals surface area contributed by atoms with Gasteiger partial charge in [-0.2, -0.15) is 0 Å². The Bertz CT molecular complexity index is 1190. The summed E-state index contributed by atoms with van der Waals surface area (Å²) in [5.41, 5.74) is 6.62. The zero-order chi connectivity index (χ0) is 21.9. The maximum absolute atomic E-state index is 12.8. The van der Waals surface area contributed by atoms with Crippen molar-refractivity contribution in [1.29, 1.82) is 0 Å². The van der Waals surface area contributed by atoms with E-state index in [1.807, 2.05) is 35.2 Å². The topological polar surface area (TPSA) is 61.9 Å². The first-order valence-electron chi connectivity index (χ1n) is 11.4. The minimum absolute atomic E-state index is 0.214. The van der Waals surface area contributed by atoms with Crippen molar-refractivity contribution in [3.63, 3.8) is 0 Å². The van der Waals surface area contributed by atoms with Gasteiger partial charge in [0.15, 0.2) is 0 Å². The lowest BCUT2D eigenvalue weighted by atomic mass is 9.91. The molecule has 1 N–H and O–H groups in total. The van der Waals surface area contributed by atoms with Crippen LogP contribution in [-0.4, -0.2) is 38.8 Å². The second-order valence-electron chi connectivity index (χ2n) is 8.64. The van der Waals surface area contributed by atoms with E-state index < -0.39 is 0 Å². The smallest absolute Gasteiger partial charge is 0.223 e. The van der Waals surface area contributed by atoms with Gasteiger partial charge < -0.3 is 9.88 Å². The zero-order valence-electron chi connectivity index (χ0n) is 18.4. The number of benzene rings is 2. The fourth-order valence-electron chi connectivity index (χ4n) is 4.63. The van der Waals surface area contributed by atoms with Crippen molar-refractivity contribution in [3.05, 3.63) is 83.9 Å². The summed E-state index contributed by atoms with van der Waals surface area (Å²) >= 11 is 0. The molecule has 0 aliphatic carbocycles. The Morgan fingerprint density at radius 3 is 2.50 bits per heavy atom. The van der Waals surface area contributed by atoms with Crippen LogP contribution in [0.5, 0.6) is 0 Å². The van der Waals surface area contributed by atoms with E-state index in [4.69, 9.17) is 4.98 Å². The summed E-state index contributed by atoms with van der Waals surface area (Å²) in [6.45, 7) is 3.65. The lowest BCUT2D eigenvalue weighted by molar-refractivity contribution is -0.132. The van der Waals surface area contributed by atoms with Crippen LogP contribution in [0.3, 0.4) is 0 Å². The Labute approximate surface area is 188 Å². The van der Waals surface area contributed by atoms with Crippen molar-refractivity contribution in [2.75, 3.05) is 13.1 Å². The molecular weight excluding hydrogens is 396 g/mol. The summed E-state index contributed by atoms with van der Waals surface area (Å²) in [7, 11) is 0. The average molecular weight is 425 g/mol. The molecule has 0 radical (unpaired) electrons. The highest BCUT2D eigenvalue weighted by molar-refractivity contribution is 5.77. The lowest BCUT2D eigenvalue weighted by Crippen LogP contribution is -2.38. The number of H-pyrrole nitrogens is 1. The SMILES string of the molecule is Cc1cc(-c2ccccc2)cc(C2CCN(C(=O)CCc3nc4ccccc4[nH]3)CC2)n1. The van der Waals surface area contributed by atoms with Gasteiger partial charge in [0.2, 0.25) is 5.91 Å². The number of hydrogen-bond donors (Lipinski definition) is 1. The minimum atomic E-state index is 0.214. The van der Waals surface area contributed by atoms with Crippen LogP contribution in [0.1, 0.15) is 42.4 Å². The number of pyridine rings is 1. The number of aromatic amines is 1. The number of aromatic nitrogens is 3. The van der Waals surface area contributed by atoms with E-state index in [1.165, 1.54) is 11.1 Å². The third kappa shape index (κ3) is 4.42. The molecule has 4 aromatic rings. The molecule has 162 valence electrons. The Kier molecular flexibility index (Phi) is 5.71. The van der Waals surface area contributed by atoms with Gasteiger partial charge in [0.1, 0.15) is 5.82 Å². The molecule has 2 aromatic carbocycles. The van der Waals surface area contributed by atoms with Gasteiger partial charge in [-0.25, -0.2) is 4.98 Å². The molecule has 1 aliphatic rings. The third-order valence-electron chi connectivity index (χ3n) is 6.36. The molecule has 3 heterocycles. The number of nitrogens with one attached hydrogen (secondary N) is 1. The van der Waals surface area contributed by atoms with Gasteiger partial charge in [0, 0.05) is 43.2 Å². The zero-order valence-corrected chi connectivity index (χ0v) is 18.4. The fraction of sp³-hybridized carbons (Fsp3) is 0.296. The van der Waals surface area contributed by atoms with Crippen LogP contribution in [0.25, 0.3) is 22.2 Å². The number of likely N-dealkylation sites (tertiary alicyclic amines) is 1. The molecular formula is C27H28N4O. The number of para-hydroxylation sites is 2. The number of aryl methyl sites for hydroxylation is 2. The first kappa shape index (κ1) is 20.4. The van der Waals surface area contributed by atoms with Crippen LogP contribution < -0.4 is 0 Å². The van der Waals surface area contributed by atoms with Crippen LogP contribution in [0.2, 0.25) is 0 Å². The average Bonchev–Trinajstić information content (AvgIpc) is 3.26. The summed E-state index contributed by atoms with van der Waals surface area (Å²) in [6, 6.07) is 22.8. The van der Waals surface area contributed by atoms with E-state index in [1.54, 1.807) is 0 Å². The monoisotopic (exact) mass is 424 g/mol. The summed E-state index contributed by atoms with van der Waals surface area (Å²) in [6.07, 6.45) is 3.06. The normalized spacial score (nSPS) is 14.7. The standard InChI is InChI=1S/C27H28N4O/c1-19-17-22(20-7-3-2-4-8-20)18-25(28-19)21-13-15-31(16-14-21)27(32)12-11-26-29-23-9-5-6-10-24(23)30-26/h2-10,17-18,21H,11-16H2,1H3,(H,29,30). The number of amides is 1. The third-order valence-corrected chi connectivity index (χ3v) is 6.36. The number of carbonyl (C=O) groups excluding carboxylic acids is 1. The summed E-state index contributed by atoms with van der Waals surface area (Å²) in [5, 5.41) is 0. The molecule has 0 atom stereocenters. The maximum atomic E-state index is 12.8. The van der Waals surface area contributed by atoms with Crippen molar-refractivity contribution in [2.24, 2.45) is 0 Å². The fourth-order valence-corrected chi connectivity index (χ4v) is 4.63. The Hall–Kier alpha value is -3.47. The molecule has 2 aromatic heterocycles. The highest BCUT2D eigenvalue weighted by Gasteiger charge is 2.25. The molecule has 1 amide bonds. The highest BCUT2D eigenvalue weighted by Crippen LogP contribution is 2.30. The largest absolute Gasteiger partial charge is 0.343 e. The van der Waals surface area contributed by atoms with Crippen LogP contribution >= 0.6 is 0 Å². The van der Waals surface area contributed by atoms with Gasteiger partial charge in [-0.05, 0) is 55.2 Å². The van der Waals surface area contributed by atoms with Crippen LogP contribution in [0.4, 0.5) is 0 Å². The van der Waals surface area contributed by atoms with Crippen molar-refractivity contribution in [1.82, 2.24) is 19.9 Å². The van der Waals surface area contributed by atoms with E-state index in [0.717, 1.165) is 54.2 Å². The number of hydrogen-bond acceptors (Lipinski definition) is 3. The molecule has 1 aliphatic heterocycles. The van der Waals surface area contributed by atoms with Crippen molar-refractivity contribution in [2.45, 2.75) is 38.5 Å². The molecule has 32 heavy (non-hydrogen) atoms. The number of rotatable bonds is 5. The number of piperidine rings is 1. The van der Waals surface area contributed by atoms with E-state index in [2.05, 4.69) is 53.3 Å². The molecule has 5 rings (SSSR count). The quantitative estimate of drug-likeness (QED) is 0.475. The van der Waals surface area contributed by atoms with Crippen LogP contribution in [0, 0.1) is 6.92 Å². The van der Waals surface area contributed by atoms with Gasteiger partial charge in [-0.15, -0.1) is 0 Å². The Morgan fingerprint density at radius 2 is 1.72 bits per heavy atom. The second-order valence-corrected chi connectivity index (χ2v) is 8.64. The first-order valence-corrected chi connectivity index (χ1v) is 11.4. The Balaban J connectivity index is 1.19. The molecule has 0 saturated carbocycles. The molecule has 0 spiro atoms.